The molecule has 194 valence electrons. The highest BCUT2D eigenvalue weighted by Crippen LogP contribution is 2.11. The van der Waals surface area contributed by atoms with Crippen molar-refractivity contribution in [3.63, 3.8) is 0 Å². The fourth-order valence-corrected chi connectivity index (χ4v) is 3.91. The predicted molar refractivity (Wildman–Crippen MR) is 139 cm³/mol. The average Bonchev–Trinajstić information content (AvgIpc) is 2.78. The molecule has 0 amide bonds. The summed E-state index contributed by atoms with van der Waals surface area (Å²) >= 11 is 0. The van der Waals surface area contributed by atoms with Crippen LogP contribution < -0.4 is 5.11 Å². The van der Waals surface area contributed by atoms with Gasteiger partial charge in [0.25, 0.3) is 0 Å². The summed E-state index contributed by atoms with van der Waals surface area (Å²) in [5.41, 5.74) is 0. The summed E-state index contributed by atoms with van der Waals surface area (Å²) in [5.74, 6) is 0. The molecule has 0 atom stereocenters. The molecule has 0 saturated heterocycles. The zero-order valence-electron chi connectivity index (χ0n) is 23.5. The van der Waals surface area contributed by atoms with E-state index in [-0.39, 0.29) is 5.48 Å². The van der Waals surface area contributed by atoms with E-state index in [1.807, 2.05) is 0 Å². The lowest BCUT2D eigenvalue weighted by molar-refractivity contribution is -0.910. The first-order valence-corrected chi connectivity index (χ1v) is 13.4. The summed E-state index contributed by atoms with van der Waals surface area (Å²) in [5, 5.41) is 8.25. The third-order valence-corrected chi connectivity index (χ3v) is 6.31. The molecule has 0 aliphatic rings. The molecule has 0 spiro atoms. The fourth-order valence-electron chi connectivity index (χ4n) is 3.91. The Kier molecular flexibility index (Phi) is 34.3. The van der Waals surface area contributed by atoms with Crippen LogP contribution in [0.1, 0.15) is 119 Å². The Bertz CT molecular complexity index is 238. The molecule has 4 heteroatoms. The van der Waals surface area contributed by atoms with Gasteiger partial charge in [-0.2, -0.15) is 7.11 Å². The number of rotatable bonds is 18. The van der Waals surface area contributed by atoms with Crippen molar-refractivity contribution in [2.75, 3.05) is 60.5 Å². The van der Waals surface area contributed by atoms with Crippen molar-refractivity contribution in [2.24, 2.45) is 0 Å². The predicted octanol–water partition coefficient (Wildman–Crippen LogP) is 6.47. The average molecular weight is 449 g/mol. The van der Waals surface area contributed by atoms with E-state index in [0.29, 0.717) is 0 Å². The van der Waals surface area contributed by atoms with E-state index in [4.69, 9.17) is 5.11 Å². The van der Waals surface area contributed by atoms with Crippen LogP contribution in [0.15, 0.2) is 0 Å². The first-order valence-electron chi connectivity index (χ1n) is 13.4. The third kappa shape index (κ3) is 26.0. The van der Waals surface area contributed by atoms with Crippen molar-refractivity contribution >= 4 is 0 Å². The van der Waals surface area contributed by atoms with Crippen molar-refractivity contribution in [3.05, 3.63) is 0 Å². The summed E-state index contributed by atoms with van der Waals surface area (Å²) in [7, 11) is 5.64. The molecule has 0 aromatic carbocycles. The van der Waals surface area contributed by atoms with Gasteiger partial charge in [-0.15, -0.1) is 0 Å². The second-order valence-corrected chi connectivity index (χ2v) is 9.70. The largest absolute Gasteiger partial charge is 0.870 e. The quantitative estimate of drug-likeness (QED) is 0.226. The monoisotopic (exact) mass is 448 g/mol. The summed E-state index contributed by atoms with van der Waals surface area (Å²) in [4.78, 5) is 0. The van der Waals surface area contributed by atoms with Crippen LogP contribution in [-0.2, 0) is 0 Å². The van der Waals surface area contributed by atoms with Crippen LogP contribution in [0.5, 0.6) is 0 Å². The van der Waals surface area contributed by atoms with Crippen LogP contribution in [0, 0.1) is 0 Å². The van der Waals surface area contributed by atoms with Crippen molar-refractivity contribution in [1.29, 1.82) is 0 Å². The minimum atomic E-state index is 0. The minimum absolute atomic E-state index is 0. The van der Waals surface area contributed by atoms with E-state index >= 15 is 0 Å². The van der Waals surface area contributed by atoms with E-state index < -0.39 is 0 Å². The summed E-state index contributed by atoms with van der Waals surface area (Å²) in [6, 6.07) is 0. The van der Waals surface area contributed by atoms with Crippen LogP contribution >= 0.6 is 0 Å². The maximum Gasteiger partial charge on any atom is 0.0784 e. The van der Waals surface area contributed by atoms with Gasteiger partial charge < -0.3 is 19.5 Å². The minimum Gasteiger partial charge on any atom is -0.870 e. The van der Waals surface area contributed by atoms with Crippen molar-refractivity contribution in [3.8, 4) is 0 Å². The topological polar surface area (TPSA) is 53.1 Å². The summed E-state index contributed by atoms with van der Waals surface area (Å²) in [6.45, 7) is 22.1. The molecule has 0 heterocycles. The van der Waals surface area contributed by atoms with Gasteiger partial charge in [0.15, 0.2) is 0 Å². The molecule has 0 aliphatic carbocycles. The summed E-state index contributed by atoms with van der Waals surface area (Å²) in [6.07, 6.45) is 16.4. The molecule has 0 saturated carbocycles. The van der Waals surface area contributed by atoms with E-state index in [1.165, 1.54) is 125 Å². The summed E-state index contributed by atoms with van der Waals surface area (Å²) < 4.78 is 2.63. The molecule has 0 radical (unpaired) electrons. The zero-order valence-corrected chi connectivity index (χ0v) is 23.5. The van der Waals surface area contributed by atoms with Crippen molar-refractivity contribution < 1.29 is 19.5 Å². The van der Waals surface area contributed by atoms with Crippen LogP contribution in [0.25, 0.3) is 0 Å². The van der Waals surface area contributed by atoms with Crippen LogP contribution in [-0.4, -0.2) is 74.9 Å². The van der Waals surface area contributed by atoms with Gasteiger partial charge in [0, 0.05) is 0 Å². The third-order valence-electron chi connectivity index (χ3n) is 6.31. The molecule has 4 nitrogen and oxygen atoms in total. The Labute approximate surface area is 198 Å². The zero-order chi connectivity index (χ0) is 23.7. The lowest BCUT2D eigenvalue weighted by Gasteiger charge is -2.34. The Morgan fingerprint density at radius 3 is 0.613 bits per heavy atom. The highest BCUT2D eigenvalue weighted by atomic mass is 16.2. The lowest BCUT2D eigenvalue weighted by atomic mass is 10.2. The Morgan fingerprint density at radius 2 is 0.516 bits per heavy atom. The molecule has 0 bridgehead atoms. The fraction of sp³-hybridized carbons (Fsp3) is 1.00. The van der Waals surface area contributed by atoms with Gasteiger partial charge in [-0.3, -0.25) is 0 Å². The molecular formula is C27H64N2O2. The second kappa shape index (κ2) is 27.9. The normalized spacial score (nSPS) is 11.0. The molecular weight excluding hydrogens is 384 g/mol. The Balaban J connectivity index is -0.000000211. The number of hydrogen-bond donors (Lipinski definition) is 0. The van der Waals surface area contributed by atoms with Gasteiger partial charge >= 0.3 is 0 Å². The van der Waals surface area contributed by atoms with Crippen LogP contribution in [0.2, 0.25) is 0 Å². The molecule has 31 heavy (non-hydrogen) atoms. The molecule has 0 aliphatic heterocycles. The highest BCUT2D eigenvalue weighted by molar-refractivity contribution is 4.45. The van der Waals surface area contributed by atoms with Gasteiger partial charge in [-0.25, -0.2) is 0 Å². The van der Waals surface area contributed by atoms with Gasteiger partial charge in [-0.1, -0.05) is 80.1 Å². The molecule has 0 aromatic rings. The number of hydrogen-bond acceptors (Lipinski definition) is 2. The Hall–Kier alpha value is -0.160. The first-order chi connectivity index (χ1) is 14.4. The Morgan fingerprint density at radius 1 is 0.387 bits per heavy atom. The first kappa shape index (κ1) is 38.1. The van der Waals surface area contributed by atoms with Gasteiger partial charge in [0.1, 0.15) is 0 Å². The number of nitrogens with zero attached hydrogens (tertiary/aromatic N) is 2. The lowest BCUT2D eigenvalue weighted by Crippen LogP contribution is -2.46. The standard InChI is InChI=1S/2C13H30N.CH3O.H2O/c2*1-5-8-11-14(4,12-9-6-2)13-10-7-3;1-2;/h2*5-13H2,1-4H3;1H3;1H2/q2*+1;-1;/p-1. The number of unbranched alkanes of at least 4 members (excludes halogenated alkanes) is 6. The second-order valence-electron chi connectivity index (χ2n) is 9.70. The van der Waals surface area contributed by atoms with Crippen LogP contribution in [0.4, 0.5) is 0 Å². The van der Waals surface area contributed by atoms with E-state index in [0.717, 1.165) is 7.11 Å². The van der Waals surface area contributed by atoms with Crippen molar-refractivity contribution in [2.45, 2.75) is 119 Å². The van der Waals surface area contributed by atoms with Gasteiger partial charge in [0.2, 0.25) is 0 Å². The smallest absolute Gasteiger partial charge is 0.0784 e. The van der Waals surface area contributed by atoms with E-state index in [2.05, 4.69) is 55.6 Å². The van der Waals surface area contributed by atoms with Crippen molar-refractivity contribution in [1.82, 2.24) is 0 Å². The molecule has 0 fully saturated rings. The molecule has 0 rings (SSSR count). The van der Waals surface area contributed by atoms with E-state index in [1.54, 1.807) is 0 Å². The van der Waals surface area contributed by atoms with Gasteiger partial charge in [-0.05, 0) is 38.5 Å². The number of quaternary nitrogens is 2. The van der Waals surface area contributed by atoms with Crippen LogP contribution in [0.3, 0.4) is 0 Å². The van der Waals surface area contributed by atoms with Gasteiger partial charge in [0.05, 0.1) is 53.4 Å². The maximum atomic E-state index is 8.25. The highest BCUT2D eigenvalue weighted by Gasteiger charge is 2.19. The SMILES string of the molecule is CCCC[N+](C)(CCCC)CCCC.CCCC[N+](C)(CCCC)CCCC.C[O-].[OH-]. The maximum absolute atomic E-state index is 8.25. The molecule has 1 N–H and O–H groups in total. The molecule has 0 unspecified atom stereocenters. The molecule has 0 aromatic heterocycles. The van der Waals surface area contributed by atoms with E-state index in [9.17, 15) is 0 Å².